The Hall–Kier alpha value is -0.820. The highest BCUT2D eigenvalue weighted by Crippen LogP contribution is 2.43. The smallest absolute Gasteiger partial charge is 0.0713 e. The molecule has 0 saturated heterocycles. The van der Waals surface area contributed by atoms with Crippen molar-refractivity contribution in [3.05, 3.63) is 34.4 Å². The van der Waals surface area contributed by atoms with Gasteiger partial charge in [-0.2, -0.15) is 0 Å². The molecule has 0 radical (unpaired) electrons. The number of hydrogen-bond donors (Lipinski definition) is 1. The zero-order chi connectivity index (χ0) is 12.6. The lowest BCUT2D eigenvalue weighted by Crippen LogP contribution is -2.33. The summed E-state index contributed by atoms with van der Waals surface area (Å²) in [5.41, 5.74) is 4.86. The van der Waals surface area contributed by atoms with Gasteiger partial charge in [-0.1, -0.05) is 24.6 Å². The third-order valence-corrected chi connectivity index (χ3v) is 4.27. The fourth-order valence-electron chi connectivity index (χ4n) is 2.97. The summed E-state index contributed by atoms with van der Waals surface area (Å²) in [6.07, 6.45) is 4.10. The number of aliphatic hydroxyl groups is 1. The van der Waals surface area contributed by atoms with Crippen molar-refractivity contribution in [2.24, 2.45) is 5.92 Å². The van der Waals surface area contributed by atoms with Gasteiger partial charge in [-0.05, 0) is 62.6 Å². The third-order valence-electron chi connectivity index (χ3n) is 4.27. The summed E-state index contributed by atoms with van der Waals surface area (Å²) in [6, 6.07) is 4.45. The molecule has 1 aliphatic rings. The molecule has 2 rings (SSSR count). The molecule has 0 aromatic heterocycles. The molecule has 1 fully saturated rings. The van der Waals surface area contributed by atoms with Crippen LogP contribution < -0.4 is 0 Å². The van der Waals surface area contributed by atoms with Crippen LogP contribution in [0.3, 0.4) is 0 Å². The highest BCUT2D eigenvalue weighted by molar-refractivity contribution is 5.38. The fraction of sp³-hybridized carbons (Fsp3) is 0.625. The second-order valence-electron chi connectivity index (χ2n) is 5.79. The predicted octanol–water partition coefficient (Wildman–Crippen LogP) is 3.71. The Labute approximate surface area is 105 Å². The predicted molar refractivity (Wildman–Crippen MR) is 72.3 cm³/mol. The molecule has 1 unspecified atom stereocenters. The molecule has 0 spiro atoms. The zero-order valence-corrected chi connectivity index (χ0v) is 11.5. The maximum atomic E-state index is 10.7. The Morgan fingerprint density at radius 3 is 2.12 bits per heavy atom. The van der Waals surface area contributed by atoms with E-state index in [9.17, 15) is 5.11 Å². The van der Waals surface area contributed by atoms with E-state index in [-0.39, 0.29) is 0 Å². The summed E-state index contributed by atoms with van der Waals surface area (Å²) < 4.78 is 0. The van der Waals surface area contributed by atoms with E-state index < -0.39 is 5.60 Å². The van der Waals surface area contributed by atoms with Crippen molar-refractivity contribution in [3.63, 3.8) is 0 Å². The Kier molecular flexibility index (Phi) is 3.31. The van der Waals surface area contributed by atoms with Crippen molar-refractivity contribution in [3.8, 4) is 0 Å². The second kappa shape index (κ2) is 4.45. The molecule has 0 bridgehead atoms. The summed E-state index contributed by atoms with van der Waals surface area (Å²) in [7, 11) is 0. The van der Waals surface area contributed by atoms with Crippen LogP contribution in [0.15, 0.2) is 12.1 Å². The van der Waals surface area contributed by atoms with Gasteiger partial charge in [0.05, 0.1) is 5.60 Å². The molecule has 1 atom stereocenters. The molecule has 1 nitrogen and oxygen atoms in total. The Morgan fingerprint density at radius 2 is 1.71 bits per heavy atom. The van der Waals surface area contributed by atoms with Crippen LogP contribution in [0.1, 0.15) is 48.4 Å². The summed E-state index contributed by atoms with van der Waals surface area (Å²) >= 11 is 0. The molecule has 0 aliphatic heterocycles. The normalized spacial score (nSPS) is 19.1. The third kappa shape index (κ3) is 2.55. The lowest BCUT2D eigenvalue weighted by molar-refractivity contribution is 0.0136. The van der Waals surface area contributed by atoms with E-state index >= 15 is 0 Å². The minimum absolute atomic E-state index is 0.467. The van der Waals surface area contributed by atoms with Crippen molar-refractivity contribution >= 4 is 0 Å². The van der Waals surface area contributed by atoms with E-state index in [0.717, 1.165) is 12.8 Å². The number of benzene rings is 1. The lowest BCUT2D eigenvalue weighted by atomic mass is 9.84. The van der Waals surface area contributed by atoms with Gasteiger partial charge in [0, 0.05) is 6.42 Å². The van der Waals surface area contributed by atoms with E-state index in [1.807, 2.05) is 0 Å². The van der Waals surface area contributed by atoms with Gasteiger partial charge >= 0.3 is 0 Å². The molecule has 0 heterocycles. The maximum Gasteiger partial charge on any atom is 0.0713 e. The van der Waals surface area contributed by atoms with E-state index in [0.29, 0.717) is 5.92 Å². The van der Waals surface area contributed by atoms with Crippen molar-refractivity contribution < 1.29 is 5.11 Å². The van der Waals surface area contributed by atoms with Crippen LogP contribution in [0.2, 0.25) is 0 Å². The molecule has 17 heavy (non-hydrogen) atoms. The molecular weight excluding hydrogens is 208 g/mol. The van der Waals surface area contributed by atoms with Crippen molar-refractivity contribution in [1.29, 1.82) is 0 Å². The Balaban J connectivity index is 2.28. The monoisotopic (exact) mass is 232 g/mol. The first kappa shape index (κ1) is 12.6. The quantitative estimate of drug-likeness (QED) is 0.839. The average Bonchev–Trinajstić information content (AvgIpc) is 3.07. The first-order valence-electron chi connectivity index (χ1n) is 6.75. The SMILES string of the molecule is CCC(O)(Cc1c(C)cc(C)cc1C)C1CC1. The van der Waals surface area contributed by atoms with E-state index in [4.69, 9.17) is 0 Å². The van der Waals surface area contributed by atoms with Crippen LogP contribution in [0.4, 0.5) is 0 Å². The van der Waals surface area contributed by atoms with Gasteiger partial charge in [-0.3, -0.25) is 0 Å². The van der Waals surface area contributed by atoms with Crippen LogP contribution in [0.25, 0.3) is 0 Å². The van der Waals surface area contributed by atoms with Crippen molar-refractivity contribution in [2.75, 3.05) is 0 Å². The minimum atomic E-state index is -0.467. The highest BCUT2D eigenvalue weighted by atomic mass is 16.3. The number of hydrogen-bond acceptors (Lipinski definition) is 1. The fourth-order valence-corrected chi connectivity index (χ4v) is 2.97. The van der Waals surface area contributed by atoms with E-state index in [1.54, 1.807) is 0 Å². The second-order valence-corrected chi connectivity index (χ2v) is 5.79. The Bertz CT molecular complexity index is 395. The minimum Gasteiger partial charge on any atom is -0.389 e. The van der Waals surface area contributed by atoms with Gasteiger partial charge in [-0.25, -0.2) is 0 Å². The van der Waals surface area contributed by atoms with Crippen LogP contribution in [-0.2, 0) is 6.42 Å². The van der Waals surface area contributed by atoms with E-state index in [2.05, 4.69) is 39.8 Å². The van der Waals surface area contributed by atoms with Gasteiger partial charge < -0.3 is 5.11 Å². The van der Waals surface area contributed by atoms with Crippen LogP contribution in [0, 0.1) is 26.7 Å². The topological polar surface area (TPSA) is 20.2 Å². The van der Waals surface area contributed by atoms with E-state index in [1.165, 1.54) is 35.1 Å². The highest BCUT2D eigenvalue weighted by Gasteiger charge is 2.42. The average molecular weight is 232 g/mol. The summed E-state index contributed by atoms with van der Waals surface area (Å²) in [6.45, 7) is 8.57. The summed E-state index contributed by atoms with van der Waals surface area (Å²) in [4.78, 5) is 0. The van der Waals surface area contributed by atoms with Crippen LogP contribution >= 0.6 is 0 Å². The molecule has 1 N–H and O–H groups in total. The van der Waals surface area contributed by atoms with Crippen LogP contribution in [0.5, 0.6) is 0 Å². The van der Waals surface area contributed by atoms with Gasteiger partial charge in [0.1, 0.15) is 0 Å². The summed E-state index contributed by atoms with van der Waals surface area (Å²) in [5, 5.41) is 10.7. The molecule has 1 saturated carbocycles. The molecule has 94 valence electrons. The molecule has 0 amide bonds. The summed E-state index contributed by atoms with van der Waals surface area (Å²) in [5.74, 6) is 0.535. The largest absolute Gasteiger partial charge is 0.389 e. The van der Waals surface area contributed by atoms with Gasteiger partial charge in [0.25, 0.3) is 0 Å². The number of rotatable bonds is 4. The zero-order valence-electron chi connectivity index (χ0n) is 11.5. The first-order chi connectivity index (χ1) is 7.96. The van der Waals surface area contributed by atoms with Crippen molar-refractivity contribution in [2.45, 2.75) is 59.0 Å². The molecule has 1 aromatic rings. The van der Waals surface area contributed by atoms with Gasteiger partial charge in [0.15, 0.2) is 0 Å². The maximum absolute atomic E-state index is 10.7. The first-order valence-corrected chi connectivity index (χ1v) is 6.75. The van der Waals surface area contributed by atoms with Crippen LogP contribution in [-0.4, -0.2) is 10.7 Å². The molecule has 1 aliphatic carbocycles. The van der Waals surface area contributed by atoms with Gasteiger partial charge in [0.2, 0.25) is 0 Å². The standard InChI is InChI=1S/C16H24O/c1-5-16(17,14-6-7-14)10-15-12(3)8-11(2)9-13(15)4/h8-9,14,17H,5-7,10H2,1-4H3. The van der Waals surface area contributed by atoms with Crippen molar-refractivity contribution in [1.82, 2.24) is 0 Å². The number of aryl methyl sites for hydroxylation is 3. The molecular formula is C16H24O. The lowest BCUT2D eigenvalue weighted by Gasteiger charge is -2.28. The molecule has 1 aromatic carbocycles. The Morgan fingerprint density at radius 1 is 1.18 bits per heavy atom. The van der Waals surface area contributed by atoms with Gasteiger partial charge in [-0.15, -0.1) is 0 Å². The molecule has 1 heteroatoms.